The Balaban J connectivity index is 2.01. The third kappa shape index (κ3) is 2.41. The number of hydrogen-bond acceptors (Lipinski definition) is 3. The summed E-state index contributed by atoms with van der Waals surface area (Å²) in [5, 5.41) is 9.32. The van der Waals surface area contributed by atoms with Gasteiger partial charge in [0.05, 0.1) is 12.7 Å². The van der Waals surface area contributed by atoms with E-state index in [4.69, 9.17) is 4.74 Å². The van der Waals surface area contributed by atoms with Crippen LogP contribution in [0.2, 0.25) is 0 Å². The lowest BCUT2D eigenvalue weighted by Crippen LogP contribution is -2.44. The molecule has 0 spiro atoms. The number of ether oxygens (including phenoxy) is 1. The molecule has 2 aliphatic rings. The van der Waals surface area contributed by atoms with Crippen molar-refractivity contribution in [3.63, 3.8) is 0 Å². The molecule has 0 aromatic heterocycles. The van der Waals surface area contributed by atoms with Crippen molar-refractivity contribution < 1.29 is 9.53 Å². The summed E-state index contributed by atoms with van der Waals surface area (Å²) in [4.78, 5) is 14.3. The van der Waals surface area contributed by atoms with Gasteiger partial charge in [-0.2, -0.15) is 5.26 Å². The van der Waals surface area contributed by atoms with Crippen molar-refractivity contribution in [3.8, 4) is 6.07 Å². The van der Waals surface area contributed by atoms with Gasteiger partial charge < -0.3 is 9.64 Å². The van der Waals surface area contributed by atoms with E-state index in [0.29, 0.717) is 13.2 Å². The number of methoxy groups -OCH3 is 1. The van der Waals surface area contributed by atoms with Crippen molar-refractivity contribution in [1.82, 2.24) is 4.90 Å². The summed E-state index contributed by atoms with van der Waals surface area (Å²) in [7, 11) is 1.68. The van der Waals surface area contributed by atoms with E-state index in [-0.39, 0.29) is 5.91 Å². The Kier molecular flexibility index (Phi) is 4.03. The maximum absolute atomic E-state index is 12.5. The summed E-state index contributed by atoms with van der Waals surface area (Å²) >= 11 is 0. The van der Waals surface area contributed by atoms with Crippen molar-refractivity contribution in [1.29, 1.82) is 5.26 Å². The predicted molar refractivity (Wildman–Crippen MR) is 67.7 cm³/mol. The van der Waals surface area contributed by atoms with Gasteiger partial charge in [-0.25, -0.2) is 0 Å². The zero-order chi connectivity index (χ0) is 13.0. The van der Waals surface area contributed by atoms with Gasteiger partial charge in [0.2, 0.25) is 5.91 Å². The smallest absolute Gasteiger partial charge is 0.243 e. The quantitative estimate of drug-likeness (QED) is 0.716. The van der Waals surface area contributed by atoms with Crippen LogP contribution in [0, 0.1) is 16.7 Å². The van der Waals surface area contributed by atoms with E-state index in [1.54, 1.807) is 7.11 Å². The Hall–Kier alpha value is -1.34. The first-order valence-electron chi connectivity index (χ1n) is 6.59. The normalized spacial score (nSPS) is 22.4. The van der Waals surface area contributed by atoms with Crippen LogP contribution in [0.5, 0.6) is 0 Å². The van der Waals surface area contributed by atoms with Crippen LogP contribution < -0.4 is 0 Å². The lowest BCUT2D eigenvalue weighted by atomic mass is 9.86. The molecule has 0 bridgehead atoms. The minimum atomic E-state index is -0.730. The molecule has 0 aromatic rings. The van der Waals surface area contributed by atoms with Crippen LogP contribution in [0.4, 0.5) is 0 Å². The molecule has 1 aliphatic carbocycles. The van der Waals surface area contributed by atoms with Gasteiger partial charge in [0.25, 0.3) is 0 Å². The van der Waals surface area contributed by atoms with Gasteiger partial charge in [-0.1, -0.05) is 18.9 Å². The van der Waals surface area contributed by atoms with E-state index < -0.39 is 5.41 Å². The first kappa shape index (κ1) is 13.1. The van der Waals surface area contributed by atoms with Crippen LogP contribution in [0.25, 0.3) is 0 Å². The highest BCUT2D eigenvalue weighted by atomic mass is 16.5. The molecule has 2 rings (SSSR count). The highest BCUT2D eigenvalue weighted by Crippen LogP contribution is 2.39. The fraction of sp³-hybridized carbons (Fsp3) is 0.714. The molecule has 1 heterocycles. The average Bonchev–Trinajstić information content (AvgIpc) is 2.89. The standard InChI is InChI=1S/C14H20N2O2/c1-18-10-12-4-8-16(9-5-12)13(17)14(11-15)6-2-3-7-14/h4H,2-3,5-10H2,1H3. The van der Waals surface area contributed by atoms with Crippen molar-refractivity contribution in [3.05, 3.63) is 11.6 Å². The molecular weight excluding hydrogens is 228 g/mol. The minimum absolute atomic E-state index is 0.0372. The lowest BCUT2D eigenvalue weighted by Gasteiger charge is -2.32. The van der Waals surface area contributed by atoms with Crippen LogP contribution in [0.1, 0.15) is 32.1 Å². The first-order chi connectivity index (χ1) is 8.72. The fourth-order valence-corrected chi connectivity index (χ4v) is 2.87. The number of carbonyl (C=O) groups excluding carboxylic acids is 1. The molecule has 0 atom stereocenters. The molecule has 18 heavy (non-hydrogen) atoms. The monoisotopic (exact) mass is 248 g/mol. The fourth-order valence-electron chi connectivity index (χ4n) is 2.87. The summed E-state index contributed by atoms with van der Waals surface area (Å²) in [6.45, 7) is 1.99. The largest absolute Gasteiger partial charge is 0.380 e. The van der Waals surface area contributed by atoms with E-state index in [0.717, 1.165) is 38.6 Å². The van der Waals surface area contributed by atoms with E-state index in [1.165, 1.54) is 5.57 Å². The Labute approximate surface area is 108 Å². The van der Waals surface area contributed by atoms with Gasteiger partial charge in [0, 0.05) is 20.2 Å². The number of nitriles is 1. The van der Waals surface area contributed by atoms with Crippen LogP contribution in [-0.4, -0.2) is 37.6 Å². The SMILES string of the molecule is COCC1=CCN(C(=O)C2(C#N)CCCC2)CC1. The summed E-state index contributed by atoms with van der Waals surface area (Å²) < 4.78 is 5.09. The maximum atomic E-state index is 12.5. The molecule has 1 amide bonds. The average molecular weight is 248 g/mol. The Morgan fingerprint density at radius 3 is 2.78 bits per heavy atom. The third-order valence-electron chi connectivity index (χ3n) is 4.00. The van der Waals surface area contributed by atoms with Crippen molar-refractivity contribution in [2.24, 2.45) is 5.41 Å². The van der Waals surface area contributed by atoms with E-state index in [1.807, 2.05) is 4.90 Å². The Bertz CT molecular complexity index is 389. The molecule has 4 heteroatoms. The highest BCUT2D eigenvalue weighted by molar-refractivity contribution is 5.86. The van der Waals surface area contributed by atoms with Gasteiger partial charge in [0.1, 0.15) is 5.41 Å². The topological polar surface area (TPSA) is 53.3 Å². The van der Waals surface area contributed by atoms with Crippen LogP contribution in [-0.2, 0) is 9.53 Å². The number of nitrogens with zero attached hydrogens (tertiary/aromatic N) is 2. The molecule has 0 saturated heterocycles. The molecule has 0 N–H and O–H groups in total. The molecule has 98 valence electrons. The number of rotatable bonds is 3. The number of amides is 1. The van der Waals surface area contributed by atoms with Gasteiger partial charge >= 0.3 is 0 Å². The molecule has 0 aromatic carbocycles. The predicted octanol–water partition coefficient (Wildman–Crippen LogP) is 1.88. The van der Waals surface area contributed by atoms with Gasteiger partial charge in [0.15, 0.2) is 0 Å². The van der Waals surface area contributed by atoms with Crippen molar-refractivity contribution >= 4 is 5.91 Å². The summed E-state index contributed by atoms with van der Waals surface area (Å²) in [6.07, 6.45) is 6.38. The van der Waals surface area contributed by atoms with Gasteiger partial charge in [-0.3, -0.25) is 4.79 Å². The molecular formula is C14H20N2O2. The third-order valence-corrected chi connectivity index (χ3v) is 4.00. The second-order valence-corrected chi connectivity index (χ2v) is 5.20. The lowest BCUT2D eigenvalue weighted by molar-refractivity contribution is -0.138. The number of carbonyl (C=O) groups is 1. The zero-order valence-electron chi connectivity index (χ0n) is 10.9. The molecule has 1 aliphatic heterocycles. The number of hydrogen-bond donors (Lipinski definition) is 0. The van der Waals surface area contributed by atoms with E-state index >= 15 is 0 Å². The zero-order valence-corrected chi connectivity index (χ0v) is 10.9. The maximum Gasteiger partial charge on any atom is 0.243 e. The van der Waals surface area contributed by atoms with Crippen molar-refractivity contribution in [2.45, 2.75) is 32.1 Å². The second kappa shape index (κ2) is 5.53. The van der Waals surface area contributed by atoms with Gasteiger partial charge in [-0.05, 0) is 24.8 Å². The molecule has 1 fully saturated rings. The minimum Gasteiger partial charge on any atom is -0.380 e. The molecule has 0 radical (unpaired) electrons. The second-order valence-electron chi connectivity index (χ2n) is 5.20. The van der Waals surface area contributed by atoms with Crippen LogP contribution in [0.15, 0.2) is 11.6 Å². The molecule has 0 unspecified atom stereocenters. The summed E-state index contributed by atoms with van der Waals surface area (Å²) in [5.41, 5.74) is 0.519. The van der Waals surface area contributed by atoms with Crippen molar-refractivity contribution in [2.75, 3.05) is 26.8 Å². The van der Waals surface area contributed by atoms with Crippen LogP contribution in [0.3, 0.4) is 0 Å². The van der Waals surface area contributed by atoms with Gasteiger partial charge in [-0.15, -0.1) is 0 Å². The first-order valence-corrected chi connectivity index (χ1v) is 6.59. The Morgan fingerprint density at radius 2 is 2.28 bits per heavy atom. The molecule has 4 nitrogen and oxygen atoms in total. The van der Waals surface area contributed by atoms with E-state index in [9.17, 15) is 10.1 Å². The summed E-state index contributed by atoms with van der Waals surface area (Å²) in [5.74, 6) is 0.0372. The summed E-state index contributed by atoms with van der Waals surface area (Å²) in [6, 6.07) is 2.27. The van der Waals surface area contributed by atoms with E-state index in [2.05, 4.69) is 12.1 Å². The molecule has 1 saturated carbocycles. The van der Waals surface area contributed by atoms with Crippen LogP contribution >= 0.6 is 0 Å². The Morgan fingerprint density at radius 1 is 1.56 bits per heavy atom. The highest BCUT2D eigenvalue weighted by Gasteiger charge is 2.44.